The summed E-state index contributed by atoms with van der Waals surface area (Å²) in [6, 6.07) is 0. The van der Waals surface area contributed by atoms with Crippen LogP contribution in [0.1, 0.15) is 131 Å². The number of halogens is 3. The summed E-state index contributed by atoms with van der Waals surface area (Å²) in [6.45, 7) is 12.7. The predicted octanol–water partition coefficient (Wildman–Crippen LogP) is 9.65. The van der Waals surface area contributed by atoms with Gasteiger partial charge in [0.05, 0.1) is 23.7 Å². The number of allylic oxidation sites excluding steroid dienone is 1. The molecule has 7 unspecified atom stereocenters. The van der Waals surface area contributed by atoms with Gasteiger partial charge in [-0.05, 0) is 125 Å². The normalized spacial score (nSPS) is 39.7. The first-order valence-electron chi connectivity index (χ1n) is 15.9. The molecule has 0 saturated heterocycles. The summed E-state index contributed by atoms with van der Waals surface area (Å²) in [6.07, 6.45) is 12.6. The van der Waals surface area contributed by atoms with E-state index in [0.717, 1.165) is 62.2 Å². The second-order valence-corrected chi connectivity index (χ2v) is 14.6. The Bertz CT molecular complexity index is 838. The maximum absolute atomic E-state index is 13.4. The minimum Gasteiger partial charge on any atom is -0.390 e. The van der Waals surface area contributed by atoms with E-state index in [-0.39, 0.29) is 31.0 Å². The van der Waals surface area contributed by atoms with Gasteiger partial charge in [-0.1, -0.05) is 52.2 Å². The molecule has 5 heteroatoms. The van der Waals surface area contributed by atoms with Crippen molar-refractivity contribution in [3.63, 3.8) is 0 Å². The Morgan fingerprint density at radius 3 is 2.29 bits per heavy atom. The Morgan fingerprint density at radius 1 is 0.947 bits per heavy atom. The van der Waals surface area contributed by atoms with Crippen LogP contribution in [0.25, 0.3) is 0 Å². The van der Waals surface area contributed by atoms with E-state index in [0.29, 0.717) is 5.41 Å². The largest absolute Gasteiger partial charge is 0.396 e. The molecule has 38 heavy (non-hydrogen) atoms. The van der Waals surface area contributed by atoms with Gasteiger partial charge in [0.2, 0.25) is 0 Å². The second-order valence-electron chi connectivity index (χ2n) is 14.6. The van der Waals surface area contributed by atoms with Gasteiger partial charge in [-0.3, -0.25) is 0 Å². The van der Waals surface area contributed by atoms with Crippen molar-refractivity contribution in [3.8, 4) is 0 Å². The van der Waals surface area contributed by atoms with Crippen LogP contribution in [0.15, 0.2) is 11.6 Å². The van der Waals surface area contributed by atoms with E-state index in [4.69, 9.17) is 4.74 Å². The van der Waals surface area contributed by atoms with E-state index < -0.39 is 17.2 Å². The topological polar surface area (TPSA) is 29.5 Å². The highest BCUT2D eigenvalue weighted by Crippen LogP contribution is 2.67. The molecular formula is C33H55F3O2. The standard InChI is InChI=1S/C31H49F3O2.C2H6/c1-27(2,35)14-6-5-7-21-9-11-25-24-10-8-22-19-23(36-20-30(17-18-30)31(32,33)34)12-15-29(22,4)26(24)13-16-28(21,25)3;1-2/h8,21,23-26,35H,5-7,9-20H2,1-4H3;1-2H3. The summed E-state index contributed by atoms with van der Waals surface area (Å²) in [7, 11) is 0. The first kappa shape index (κ1) is 30.4. The van der Waals surface area contributed by atoms with E-state index in [1.54, 1.807) is 0 Å². The van der Waals surface area contributed by atoms with Crippen LogP contribution in [0.2, 0.25) is 0 Å². The number of hydrogen-bond donors (Lipinski definition) is 1. The Morgan fingerprint density at radius 2 is 1.66 bits per heavy atom. The first-order chi connectivity index (χ1) is 17.8. The number of aliphatic hydroxyl groups is 1. The molecule has 4 fully saturated rings. The third-order valence-corrected chi connectivity index (χ3v) is 11.9. The lowest BCUT2D eigenvalue weighted by Crippen LogP contribution is -2.50. The molecule has 2 nitrogen and oxygen atoms in total. The number of rotatable bonds is 8. The van der Waals surface area contributed by atoms with Gasteiger partial charge in [-0.2, -0.15) is 13.2 Å². The average Bonchev–Trinajstić information content (AvgIpc) is 3.58. The zero-order valence-corrected chi connectivity index (χ0v) is 25.1. The summed E-state index contributed by atoms with van der Waals surface area (Å²) in [5, 5.41) is 10.1. The second kappa shape index (κ2) is 11.0. The highest BCUT2D eigenvalue weighted by Gasteiger charge is 2.64. The van der Waals surface area contributed by atoms with E-state index in [1.165, 1.54) is 44.1 Å². The molecule has 1 N–H and O–H groups in total. The van der Waals surface area contributed by atoms with Crippen molar-refractivity contribution in [1.29, 1.82) is 0 Å². The Kier molecular flexibility index (Phi) is 8.82. The highest BCUT2D eigenvalue weighted by atomic mass is 19.4. The maximum atomic E-state index is 13.4. The van der Waals surface area contributed by atoms with Crippen LogP contribution >= 0.6 is 0 Å². The maximum Gasteiger partial charge on any atom is 0.396 e. The fourth-order valence-electron chi connectivity index (χ4n) is 9.24. The van der Waals surface area contributed by atoms with Gasteiger partial charge in [-0.25, -0.2) is 0 Å². The van der Waals surface area contributed by atoms with Crippen molar-refractivity contribution in [1.82, 2.24) is 0 Å². The fraction of sp³-hybridized carbons (Fsp3) is 0.939. The molecule has 0 amide bonds. The molecule has 0 spiro atoms. The van der Waals surface area contributed by atoms with Crippen LogP contribution in [0.5, 0.6) is 0 Å². The van der Waals surface area contributed by atoms with E-state index in [2.05, 4.69) is 19.9 Å². The van der Waals surface area contributed by atoms with Gasteiger partial charge in [0.15, 0.2) is 0 Å². The molecule has 0 aliphatic heterocycles. The van der Waals surface area contributed by atoms with Gasteiger partial charge in [-0.15, -0.1) is 0 Å². The molecule has 5 rings (SSSR count). The lowest BCUT2D eigenvalue weighted by atomic mass is 9.47. The van der Waals surface area contributed by atoms with Gasteiger partial charge < -0.3 is 9.84 Å². The van der Waals surface area contributed by atoms with Crippen LogP contribution in [-0.2, 0) is 4.74 Å². The van der Waals surface area contributed by atoms with Gasteiger partial charge in [0.1, 0.15) is 0 Å². The summed E-state index contributed by atoms with van der Waals surface area (Å²) < 4.78 is 46.0. The third kappa shape index (κ3) is 5.76. The number of unbranched alkanes of at least 4 members (excludes halogenated alkanes) is 1. The quantitative estimate of drug-likeness (QED) is 0.245. The van der Waals surface area contributed by atoms with Crippen molar-refractivity contribution < 1.29 is 23.0 Å². The Labute approximate surface area is 230 Å². The van der Waals surface area contributed by atoms with Crippen molar-refractivity contribution in [2.24, 2.45) is 39.9 Å². The lowest BCUT2D eigenvalue weighted by Gasteiger charge is -2.58. The SMILES string of the molecule is CC.CC(C)(O)CCCCC1CCC2C3CC=C4CC(OCC5(C(F)(F)F)CC5)CCC4(C)C3CCC12C. The zero-order chi connectivity index (χ0) is 28.0. The van der Waals surface area contributed by atoms with Crippen LogP contribution in [0.3, 0.4) is 0 Å². The minimum atomic E-state index is -4.13. The zero-order valence-electron chi connectivity index (χ0n) is 25.1. The monoisotopic (exact) mass is 540 g/mol. The third-order valence-electron chi connectivity index (χ3n) is 11.9. The van der Waals surface area contributed by atoms with Gasteiger partial charge in [0.25, 0.3) is 0 Å². The lowest BCUT2D eigenvalue weighted by molar-refractivity contribution is -0.207. The van der Waals surface area contributed by atoms with Crippen molar-refractivity contribution in [2.75, 3.05) is 6.61 Å². The summed E-state index contributed by atoms with van der Waals surface area (Å²) in [5.41, 5.74) is 0.0379. The van der Waals surface area contributed by atoms with E-state index in [1.807, 2.05) is 27.7 Å². The van der Waals surface area contributed by atoms with E-state index >= 15 is 0 Å². The Hall–Kier alpha value is -0.550. The van der Waals surface area contributed by atoms with Gasteiger partial charge >= 0.3 is 6.18 Å². The van der Waals surface area contributed by atoms with Gasteiger partial charge in [0, 0.05) is 0 Å². The Balaban J connectivity index is 0.00000164. The first-order valence-corrected chi connectivity index (χ1v) is 15.9. The van der Waals surface area contributed by atoms with Crippen molar-refractivity contribution in [2.45, 2.75) is 149 Å². The van der Waals surface area contributed by atoms with E-state index in [9.17, 15) is 18.3 Å². The predicted molar refractivity (Wildman–Crippen MR) is 149 cm³/mol. The highest BCUT2D eigenvalue weighted by molar-refractivity contribution is 5.25. The molecule has 0 radical (unpaired) electrons. The van der Waals surface area contributed by atoms with Crippen LogP contribution in [-0.4, -0.2) is 29.6 Å². The van der Waals surface area contributed by atoms with Crippen LogP contribution < -0.4 is 0 Å². The molecule has 5 aliphatic rings. The molecule has 5 aliphatic carbocycles. The van der Waals surface area contributed by atoms with Crippen LogP contribution in [0, 0.1) is 39.9 Å². The summed E-state index contributed by atoms with van der Waals surface area (Å²) >= 11 is 0. The molecule has 0 aromatic heterocycles. The number of alkyl halides is 3. The number of fused-ring (bicyclic) bond motifs is 5. The molecule has 4 saturated carbocycles. The molecule has 0 bridgehead atoms. The molecule has 7 atom stereocenters. The number of hydrogen-bond acceptors (Lipinski definition) is 2. The molecule has 0 heterocycles. The van der Waals surface area contributed by atoms with Crippen LogP contribution in [0.4, 0.5) is 13.2 Å². The average molecular weight is 541 g/mol. The fourth-order valence-corrected chi connectivity index (χ4v) is 9.24. The van der Waals surface area contributed by atoms with Crippen molar-refractivity contribution >= 4 is 0 Å². The summed E-state index contributed by atoms with van der Waals surface area (Å²) in [4.78, 5) is 0. The minimum absolute atomic E-state index is 0.0469. The molecule has 220 valence electrons. The summed E-state index contributed by atoms with van der Waals surface area (Å²) in [5.74, 6) is 3.10. The molecule has 0 aromatic carbocycles. The molecule has 0 aromatic rings. The van der Waals surface area contributed by atoms with Crippen molar-refractivity contribution in [3.05, 3.63) is 11.6 Å². The smallest absolute Gasteiger partial charge is 0.390 e. The molecular weight excluding hydrogens is 485 g/mol. The number of ether oxygens (including phenoxy) is 1.